The van der Waals surface area contributed by atoms with Gasteiger partial charge in [-0.25, -0.2) is 9.79 Å². The van der Waals surface area contributed by atoms with E-state index in [1.54, 1.807) is 6.34 Å². The molecule has 2 amide bonds. The number of amidine groups is 1. The van der Waals surface area contributed by atoms with Crippen molar-refractivity contribution < 1.29 is 4.79 Å². The normalized spacial score (nSPS) is 30.9. The van der Waals surface area contributed by atoms with Gasteiger partial charge < -0.3 is 5.32 Å². The van der Waals surface area contributed by atoms with Gasteiger partial charge in [-0.15, -0.1) is 0 Å². The average Bonchev–Trinajstić information content (AvgIpc) is 2.84. The zero-order valence-corrected chi connectivity index (χ0v) is 9.96. The van der Waals surface area contributed by atoms with Crippen molar-refractivity contribution in [2.45, 2.75) is 32.0 Å². The molecule has 1 saturated heterocycles. The molecule has 92 valence electrons. The van der Waals surface area contributed by atoms with E-state index in [4.69, 9.17) is 0 Å². The number of hydrogen-bond donors (Lipinski definition) is 1. The van der Waals surface area contributed by atoms with E-state index in [0.29, 0.717) is 0 Å². The molecule has 3 aliphatic heterocycles. The number of nitrogens with one attached hydrogen (secondary N) is 1. The largest absolute Gasteiger partial charge is 0.363 e. The summed E-state index contributed by atoms with van der Waals surface area (Å²) in [5, 5.41) is 3.21. The number of fused-ring (bicyclic) bond motifs is 3. The molecule has 0 aromatic rings. The fraction of sp³-hybridized carbons (Fsp3) is 0.727. The summed E-state index contributed by atoms with van der Waals surface area (Å²) >= 11 is 0. The minimum atomic E-state index is -0.101. The summed E-state index contributed by atoms with van der Waals surface area (Å²) < 4.78 is 0. The highest BCUT2D eigenvalue weighted by atomic mass is 16.2. The number of carbonyl (C=O) groups is 1. The SMILES string of the molecule is CCCN1C(=O)N2CCCN=C2C2NC=NC21. The highest BCUT2D eigenvalue weighted by Gasteiger charge is 2.46. The third-order valence-electron chi connectivity index (χ3n) is 3.41. The summed E-state index contributed by atoms with van der Waals surface area (Å²) in [5.74, 6) is 0.871. The lowest BCUT2D eigenvalue weighted by atomic mass is 10.1. The minimum Gasteiger partial charge on any atom is -0.363 e. The first-order valence-electron chi connectivity index (χ1n) is 6.23. The molecule has 0 aromatic carbocycles. The monoisotopic (exact) mass is 235 g/mol. The van der Waals surface area contributed by atoms with Crippen molar-refractivity contribution in [3.05, 3.63) is 0 Å². The third-order valence-corrected chi connectivity index (χ3v) is 3.41. The van der Waals surface area contributed by atoms with Crippen LogP contribution in [0, 0.1) is 0 Å². The molecule has 2 unspecified atom stereocenters. The molecular weight excluding hydrogens is 218 g/mol. The predicted octanol–water partition coefficient (Wildman–Crippen LogP) is 0.262. The van der Waals surface area contributed by atoms with E-state index < -0.39 is 0 Å². The molecule has 17 heavy (non-hydrogen) atoms. The Morgan fingerprint density at radius 1 is 1.59 bits per heavy atom. The third kappa shape index (κ3) is 1.50. The molecule has 0 aromatic heterocycles. The van der Waals surface area contributed by atoms with Gasteiger partial charge in [0.15, 0.2) is 6.17 Å². The second-order valence-electron chi connectivity index (χ2n) is 4.56. The Hall–Kier alpha value is -1.59. The Kier molecular flexibility index (Phi) is 2.49. The Morgan fingerprint density at radius 2 is 2.47 bits per heavy atom. The molecule has 3 aliphatic rings. The van der Waals surface area contributed by atoms with E-state index >= 15 is 0 Å². The highest BCUT2D eigenvalue weighted by molar-refractivity contribution is 6.05. The first kappa shape index (κ1) is 10.6. The molecule has 0 spiro atoms. The molecule has 0 bridgehead atoms. The molecule has 0 aliphatic carbocycles. The van der Waals surface area contributed by atoms with Crippen molar-refractivity contribution in [1.29, 1.82) is 0 Å². The van der Waals surface area contributed by atoms with Crippen LogP contribution in [0.1, 0.15) is 19.8 Å². The second-order valence-corrected chi connectivity index (χ2v) is 4.56. The summed E-state index contributed by atoms with van der Waals surface area (Å²) in [6.45, 7) is 4.43. The standard InChI is InChI=1S/C11H17N5O/c1-2-5-15-10-8(13-7-14-10)9-12-4-3-6-16(9)11(15)17/h7-8,10H,2-6H2,1H3,(H,13,14). The Morgan fingerprint density at radius 3 is 3.29 bits per heavy atom. The Bertz CT molecular complexity index is 391. The highest BCUT2D eigenvalue weighted by Crippen LogP contribution is 2.24. The van der Waals surface area contributed by atoms with E-state index in [0.717, 1.165) is 38.3 Å². The molecule has 2 atom stereocenters. The molecule has 0 saturated carbocycles. The van der Waals surface area contributed by atoms with Gasteiger partial charge in [-0.05, 0) is 12.8 Å². The lowest BCUT2D eigenvalue weighted by Crippen LogP contribution is -2.66. The lowest BCUT2D eigenvalue weighted by molar-refractivity contribution is 0.134. The number of urea groups is 1. The smallest absolute Gasteiger partial charge is 0.327 e. The topological polar surface area (TPSA) is 60.3 Å². The van der Waals surface area contributed by atoms with Crippen molar-refractivity contribution >= 4 is 18.2 Å². The van der Waals surface area contributed by atoms with Crippen LogP contribution < -0.4 is 5.32 Å². The lowest BCUT2D eigenvalue weighted by Gasteiger charge is -2.44. The van der Waals surface area contributed by atoms with E-state index in [1.807, 2.05) is 9.80 Å². The van der Waals surface area contributed by atoms with Crippen LogP contribution in [0.15, 0.2) is 9.98 Å². The van der Waals surface area contributed by atoms with Crippen LogP contribution in [0.4, 0.5) is 4.79 Å². The van der Waals surface area contributed by atoms with Crippen molar-refractivity contribution in [3.63, 3.8) is 0 Å². The fourth-order valence-corrected chi connectivity index (χ4v) is 2.66. The van der Waals surface area contributed by atoms with E-state index in [1.165, 1.54) is 0 Å². The van der Waals surface area contributed by atoms with Gasteiger partial charge in [0.1, 0.15) is 11.9 Å². The quantitative estimate of drug-likeness (QED) is 0.746. The zero-order valence-electron chi connectivity index (χ0n) is 9.96. The fourth-order valence-electron chi connectivity index (χ4n) is 2.66. The van der Waals surface area contributed by atoms with Crippen molar-refractivity contribution in [2.24, 2.45) is 9.98 Å². The van der Waals surface area contributed by atoms with Gasteiger partial charge >= 0.3 is 6.03 Å². The second kappa shape index (κ2) is 4.01. The summed E-state index contributed by atoms with van der Waals surface area (Å²) in [5.41, 5.74) is 0. The van der Waals surface area contributed by atoms with Gasteiger partial charge in [0.25, 0.3) is 0 Å². The van der Waals surface area contributed by atoms with Gasteiger partial charge in [0.2, 0.25) is 0 Å². The van der Waals surface area contributed by atoms with Gasteiger partial charge in [0.05, 0.1) is 6.34 Å². The minimum absolute atomic E-state index is 0.0551. The van der Waals surface area contributed by atoms with Gasteiger partial charge in [0, 0.05) is 19.6 Å². The van der Waals surface area contributed by atoms with Crippen LogP contribution in [0.5, 0.6) is 0 Å². The summed E-state index contributed by atoms with van der Waals surface area (Å²) in [6, 6.07) is 0.118. The van der Waals surface area contributed by atoms with E-state index in [-0.39, 0.29) is 18.2 Å². The van der Waals surface area contributed by atoms with Crippen molar-refractivity contribution in [1.82, 2.24) is 15.1 Å². The predicted molar refractivity (Wildman–Crippen MR) is 65.2 cm³/mol. The summed E-state index contributed by atoms with van der Waals surface area (Å²) in [4.78, 5) is 24.9. The Labute approximate surface area is 100 Å². The number of hydrogen-bond acceptors (Lipinski definition) is 4. The van der Waals surface area contributed by atoms with Crippen LogP contribution in [-0.2, 0) is 0 Å². The molecule has 1 N–H and O–H groups in total. The maximum Gasteiger partial charge on any atom is 0.327 e. The average molecular weight is 235 g/mol. The van der Waals surface area contributed by atoms with Crippen molar-refractivity contribution in [2.75, 3.05) is 19.6 Å². The van der Waals surface area contributed by atoms with Crippen LogP contribution >= 0.6 is 0 Å². The number of nitrogens with zero attached hydrogens (tertiary/aromatic N) is 4. The first-order chi connectivity index (χ1) is 8.33. The van der Waals surface area contributed by atoms with Gasteiger partial charge in [-0.3, -0.25) is 14.8 Å². The number of aliphatic imine (C=N–C) groups is 2. The number of carbonyl (C=O) groups excluding carboxylic acids is 1. The molecule has 1 fully saturated rings. The molecule has 0 radical (unpaired) electrons. The first-order valence-corrected chi connectivity index (χ1v) is 6.23. The maximum atomic E-state index is 12.4. The van der Waals surface area contributed by atoms with Crippen LogP contribution in [0.25, 0.3) is 0 Å². The summed E-state index contributed by atoms with van der Waals surface area (Å²) in [7, 11) is 0. The Balaban J connectivity index is 1.94. The van der Waals surface area contributed by atoms with Crippen molar-refractivity contribution in [3.8, 4) is 0 Å². The van der Waals surface area contributed by atoms with Gasteiger partial charge in [-0.2, -0.15) is 0 Å². The number of rotatable bonds is 2. The van der Waals surface area contributed by atoms with E-state index in [2.05, 4.69) is 22.2 Å². The van der Waals surface area contributed by atoms with Gasteiger partial charge in [-0.1, -0.05) is 6.92 Å². The van der Waals surface area contributed by atoms with E-state index in [9.17, 15) is 4.79 Å². The van der Waals surface area contributed by atoms with Crippen LogP contribution in [-0.4, -0.2) is 59.8 Å². The zero-order chi connectivity index (χ0) is 11.8. The molecular formula is C11H17N5O. The molecule has 6 heteroatoms. The van der Waals surface area contributed by atoms with Crippen LogP contribution in [0.3, 0.4) is 0 Å². The summed E-state index contributed by atoms with van der Waals surface area (Å²) in [6.07, 6.45) is 3.50. The molecule has 3 rings (SSSR count). The molecule has 3 heterocycles. The number of amides is 2. The maximum absolute atomic E-state index is 12.4. The molecule has 6 nitrogen and oxygen atoms in total. The van der Waals surface area contributed by atoms with Crippen LogP contribution in [0.2, 0.25) is 0 Å².